The Morgan fingerprint density at radius 2 is 1.92 bits per heavy atom. The Labute approximate surface area is 78.7 Å². The molecular weight excluding hydrogens is 228 g/mol. The van der Waals surface area contributed by atoms with Gasteiger partial charge in [-0.15, -0.1) is 0 Å². The zero-order chi connectivity index (χ0) is 9.56. The fourth-order valence-electron chi connectivity index (χ4n) is 0.484. The van der Waals surface area contributed by atoms with E-state index in [-0.39, 0.29) is 10.9 Å². The van der Waals surface area contributed by atoms with Gasteiger partial charge in [0.05, 0.1) is 19.8 Å². The molecule has 0 atom stereocenters. The summed E-state index contributed by atoms with van der Waals surface area (Å²) in [4.78, 5) is 21.5. The van der Waals surface area contributed by atoms with E-state index in [9.17, 15) is 9.59 Å². The first-order valence-electron chi connectivity index (χ1n) is 3.08. The van der Waals surface area contributed by atoms with Crippen molar-refractivity contribution in [3.8, 4) is 0 Å². The van der Waals surface area contributed by atoms with Gasteiger partial charge >= 0.3 is 11.9 Å². The molecule has 0 fully saturated rings. The maximum absolute atomic E-state index is 10.9. The number of ether oxygens (including phenoxy) is 2. The first-order chi connectivity index (χ1) is 5.65. The van der Waals surface area contributed by atoms with Crippen LogP contribution in [0.4, 0.5) is 0 Å². The molecule has 0 heterocycles. The lowest BCUT2D eigenvalue weighted by molar-refractivity contribution is -0.138. The second kappa shape index (κ2) is 5.77. The largest absolute Gasteiger partial charge is 0.466 e. The predicted molar refractivity (Wildman–Crippen MR) is 45.9 cm³/mol. The molecule has 0 aromatic rings. The number of esters is 2. The average molecular weight is 237 g/mol. The van der Waals surface area contributed by atoms with Crippen molar-refractivity contribution in [3.63, 3.8) is 0 Å². The Hall–Kier alpha value is -0.840. The van der Waals surface area contributed by atoms with Crippen LogP contribution in [0.1, 0.15) is 0 Å². The first kappa shape index (κ1) is 11.2. The third kappa shape index (κ3) is 3.52. The van der Waals surface area contributed by atoms with E-state index >= 15 is 0 Å². The van der Waals surface area contributed by atoms with Gasteiger partial charge in [-0.05, 0) is 0 Å². The van der Waals surface area contributed by atoms with E-state index in [0.717, 1.165) is 6.08 Å². The van der Waals surface area contributed by atoms with Crippen LogP contribution < -0.4 is 0 Å². The minimum atomic E-state index is -0.574. The zero-order valence-corrected chi connectivity index (χ0v) is 8.38. The molecule has 0 saturated carbocycles. The number of carbonyl (C=O) groups is 2. The molecule has 68 valence electrons. The van der Waals surface area contributed by atoms with Gasteiger partial charge in [0.15, 0.2) is 0 Å². The minimum Gasteiger partial charge on any atom is -0.466 e. The van der Waals surface area contributed by atoms with Crippen LogP contribution >= 0.6 is 15.9 Å². The summed E-state index contributed by atoms with van der Waals surface area (Å²) < 4.78 is 8.74. The third-order valence-electron chi connectivity index (χ3n) is 1.08. The van der Waals surface area contributed by atoms with Crippen LogP contribution in [0.2, 0.25) is 0 Å². The van der Waals surface area contributed by atoms with Gasteiger partial charge in [0.2, 0.25) is 0 Å². The van der Waals surface area contributed by atoms with Crippen molar-refractivity contribution in [1.29, 1.82) is 0 Å². The number of rotatable bonds is 3. The van der Waals surface area contributed by atoms with Crippen molar-refractivity contribution in [3.05, 3.63) is 11.6 Å². The normalized spacial score (nSPS) is 10.8. The summed E-state index contributed by atoms with van der Waals surface area (Å²) in [6.45, 7) is 0. The van der Waals surface area contributed by atoms with E-state index in [2.05, 4.69) is 25.4 Å². The number of alkyl halides is 1. The Kier molecular flexibility index (Phi) is 5.36. The van der Waals surface area contributed by atoms with Gasteiger partial charge < -0.3 is 9.47 Å². The van der Waals surface area contributed by atoms with Gasteiger partial charge in [0.1, 0.15) is 0 Å². The molecule has 0 radical (unpaired) electrons. The van der Waals surface area contributed by atoms with Gasteiger partial charge in [-0.2, -0.15) is 0 Å². The summed E-state index contributed by atoms with van der Waals surface area (Å²) >= 11 is 3.04. The number of carbonyl (C=O) groups excluding carboxylic acids is 2. The van der Waals surface area contributed by atoms with E-state index < -0.39 is 11.9 Å². The lowest BCUT2D eigenvalue weighted by Gasteiger charge is -1.99. The molecule has 0 unspecified atom stereocenters. The highest BCUT2D eigenvalue weighted by atomic mass is 79.9. The van der Waals surface area contributed by atoms with Crippen molar-refractivity contribution in [2.75, 3.05) is 19.5 Å². The van der Waals surface area contributed by atoms with E-state index in [1.807, 2.05) is 0 Å². The predicted octanol–water partition coefficient (Wildman–Crippen LogP) is 0.654. The molecule has 0 amide bonds. The Morgan fingerprint density at radius 1 is 1.33 bits per heavy atom. The first-order valence-corrected chi connectivity index (χ1v) is 4.20. The third-order valence-corrected chi connectivity index (χ3v) is 1.69. The molecule has 0 spiro atoms. The SMILES string of the molecule is COC(=O)/C=C(/CBr)C(=O)OC. The van der Waals surface area contributed by atoms with Crippen LogP contribution in [0.5, 0.6) is 0 Å². The van der Waals surface area contributed by atoms with Gasteiger partial charge in [-0.3, -0.25) is 0 Å². The molecular formula is C7H9BrO4. The summed E-state index contributed by atoms with van der Waals surface area (Å²) in [5.41, 5.74) is 0.226. The number of hydrogen-bond donors (Lipinski definition) is 0. The zero-order valence-electron chi connectivity index (χ0n) is 6.80. The van der Waals surface area contributed by atoms with Crippen LogP contribution in [0.3, 0.4) is 0 Å². The summed E-state index contributed by atoms with van der Waals surface area (Å²) in [5.74, 6) is -1.12. The van der Waals surface area contributed by atoms with Crippen LogP contribution in [0.15, 0.2) is 11.6 Å². The van der Waals surface area contributed by atoms with Crippen LogP contribution in [-0.2, 0) is 19.1 Å². The fourth-order valence-corrected chi connectivity index (χ4v) is 0.875. The Bertz CT molecular complexity index is 209. The van der Waals surface area contributed by atoms with Gasteiger partial charge in [0.25, 0.3) is 0 Å². The Morgan fingerprint density at radius 3 is 2.25 bits per heavy atom. The molecule has 0 aliphatic heterocycles. The standard InChI is InChI=1S/C7H9BrO4/c1-11-6(9)3-5(4-8)7(10)12-2/h3H,4H2,1-2H3/b5-3-. The van der Waals surface area contributed by atoms with Gasteiger partial charge in [-0.1, -0.05) is 15.9 Å². The van der Waals surface area contributed by atoms with Crippen LogP contribution in [-0.4, -0.2) is 31.5 Å². The second-order valence-electron chi connectivity index (χ2n) is 1.82. The molecule has 12 heavy (non-hydrogen) atoms. The molecule has 0 saturated heterocycles. The topological polar surface area (TPSA) is 52.6 Å². The van der Waals surface area contributed by atoms with E-state index in [1.165, 1.54) is 14.2 Å². The van der Waals surface area contributed by atoms with Crippen molar-refractivity contribution >= 4 is 27.9 Å². The number of hydrogen-bond acceptors (Lipinski definition) is 4. The van der Waals surface area contributed by atoms with Crippen molar-refractivity contribution in [2.24, 2.45) is 0 Å². The molecule has 4 nitrogen and oxygen atoms in total. The molecule has 0 aliphatic carbocycles. The fraction of sp³-hybridized carbons (Fsp3) is 0.429. The van der Waals surface area contributed by atoms with Crippen molar-refractivity contribution < 1.29 is 19.1 Å². The number of halogens is 1. The highest BCUT2D eigenvalue weighted by Gasteiger charge is 2.09. The highest BCUT2D eigenvalue weighted by Crippen LogP contribution is 2.02. The monoisotopic (exact) mass is 236 g/mol. The number of methoxy groups -OCH3 is 2. The van der Waals surface area contributed by atoms with Crippen molar-refractivity contribution in [2.45, 2.75) is 0 Å². The molecule has 5 heteroatoms. The quantitative estimate of drug-likeness (QED) is 0.411. The van der Waals surface area contributed by atoms with Crippen LogP contribution in [0, 0.1) is 0 Å². The van der Waals surface area contributed by atoms with Crippen molar-refractivity contribution in [1.82, 2.24) is 0 Å². The Balaban J connectivity index is 4.43. The second-order valence-corrected chi connectivity index (χ2v) is 2.38. The molecule has 0 rings (SSSR count). The van der Waals surface area contributed by atoms with E-state index in [4.69, 9.17) is 0 Å². The average Bonchev–Trinajstić information content (AvgIpc) is 2.12. The lowest BCUT2D eigenvalue weighted by Crippen LogP contribution is -2.09. The van der Waals surface area contributed by atoms with E-state index in [1.54, 1.807) is 0 Å². The molecule has 0 aromatic carbocycles. The molecule has 0 N–H and O–H groups in total. The smallest absolute Gasteiger partial charge is 0.334 e. The lowest BCUT2D eigenvalue weighted by atomic mass is 10.3. The molecule has 0 aromatic heterocycles. The van der Waals surface area contributed by atoms with Gasteiger partial charge in [-0.25, -0.2) is 9.59 Å². The summed E-state index contributed by atoms with van der Waals surface area (Å²) in [6.07, 6.45) is 1.08. The summed E-state index contributed by atoms with van der Waals surface area (Å²) in [6, 6.07) is 0. The molecule has 0 aliphatic rings. The van der Waals surface area contributed by atoms with Crippen LogP contribution in [0.25, 0.3) is 0 Å². The van der Waals surface area contributed by atoms with Gasteiger partial charge in [0, 0.05) is 11.4 Å². The highest BCUT2D eigenvalue weighted by molar-refractivity contribution is 9.09. The maximum Gasteiger partial charge on any atom is 0.334 e. The minimum absolute atomic E-state index is 0.226. The maximum atomic E-state index is 10.9. The van der Waals surface area contributed by atoms with E-state index in [0.29, 0.717) is 0 Å². The summed E-state index contributed by atoms with van der Waals surface area (Å²) in [5, 5.41) is 0.259. The summed E-state index contributed by atoms with van der Waals surface area (Å²) in [7, 11) is 2.48. The molecule has 0 bridgehead atoms.